The van der Waals surface area contributed by atoms with Crippen LogP contribution < -0.4 is 5.43 Å². The van der Waals surface area contributed by atoms with Gasteiger partial charge in [0, 0.05) is 4.47 Å². The largest absolute Gasteiger partial charge is 0.287 e. The molecule has 3 aromatic heterocycles. The molecule has 0 fully saturated rings. The molecule has 0 amide bonds. The van der Waals surface area contributed by atoms with Crippen LogP contribution in [0.1, 0.15) is 11.5 Å². The van der Waals surface area contributed by atoms with Crippen molar-refractivity contribution in [3.8, 4) is 5.69 Å². The maximum absolute atomic E-state index is 13.0. The van der Waals surface area contributed by atoms with E-state index in [-0.39, 0.29) is 5.43 Å². The smallest absolute Gasteiger partial charge is 0.216 e. The predicted octanol–water partition coefficient (Wildman–Crippen LogP) is 3.96. The molecule has 0 aliphatic rings. The molecule has 132 valence electrons. The minimum absolute atomic E-state index is 0.147. The molecule has 0 unspecified atom stereocenters. The van der Waals surface area contributed by atoms with Crippen molar-refractivity contribution in [2.45, 2.75) is 13.8 Å². The van der Waals surface area contributed by atoms with E-state index in [1.807, 2.05) is 59.9 Å². The summed E-state index contributed by atoms with van der Waals surface area (Å²) in [7, 11) is 0. The van der Waals surface area contributed by atoms with E-state index in [4.69, 9.17) is 9.97 Å². The second-order valence-corrected chi connectivity index (χ2v) is 7.34. The molecular weight excluding hydrogens is 406 g/mol. The number of fused-ring (bicyclic) bond motifs is 5. The van der Waals surface area contributed by atoms with Crippen LogP contribution in [0, 0.1) is 13.8 Å². The van der Waals surface area contributed by atoms with Crippen molar-refractivity contribution in [2.75, 3.05) is 0 Å². The summed E-state index contributed by atoms with van der Waals surface area (Å²) in [5, 5.41) is 4.97. The highest BCUT2D eigenvalue weighted by atomic mass is 79.9. The van der Waals surface area contributed by atoms with Crippen LogP contribution in [0.25, 0.3) is 33.4 Å². The quantitative estimate of drug-likeness (QED) is 0.412. The Kier molecular flexibility index (Phi) is 3.42. The molecule has 3 heterocycles. The first kappa shape index (κ1) is 16.1. The summed E-state index contributed by atoms with van der Waals surface area (Å²) in [5.41, 5.74) is 3.98. The molecule has 0 aliphatic heterocycles. The van der Waals surface area contributed by atoms with E-state index in [2.05, 4.69) is 21.0 Å². The molecule has 27 heavy (non-hydrogen) atoms. The van der Waals surface area contributed by atoms with Gasteiger partial charge in [-0.1, -0.05) is 28.1 Å². The van der Waals surface area contributed by atoms with Crippen molar-refractivity contribution >= 4 is 43.6 Å². The Labute approximate surface area is 162 Å². The fraction of sp³-hybridized carbons (Fsp3) is 0.100. The van der Waals surface area contributed by atoms with Gasteiger partial charge >= 0.3 is 0 Å². The Morgan fingerprint density at radius 1 is 0.926 bits per heavy atom. The van der Waals surface area contributed by atoms with Crippen LogP contribution in [-0.4, -0.2) is 24.1 Å². The SMILES string of the molecule is Cc1nn(-c2ccc(Br)cc2)c2nc(C)n3c4ccccc4nc3c2c1=O. The average Bonchev–Trinajstić information content (AvgIpc) is 3.05. The Morgan fingerprint density at radius 2 is 1.67 bits per heavy atom. The third-order valence-corrected chi connectivity index (χ3v) is 5.21. The highest BCUT2D eigenvalue weighted by molar-refractivity contribution is 9.10. The average molecular weight is 420 g/mol. The molecule has 5 aromatic rings. The number of benzene rings is 2. The van der Waals surface area contributed by atoms with Gasteiger partial charge in [0.25, 0.3) is 0 Å². The maximum Gasteiger partial charge on any atom is 0.216 e. The fourth-order valence-corrected chi connectivity index (χ4v) is 3.69. The van der Waals surface area contributed by atoms with Gasteiger partial charge in [0.1, 0.15) is 16.9 Å². The molecule has 0 saturated heterocycles. The third kappa shape index (κ3) is 2.31. The fourth-order valence-electron chi connectivity index (χ4n) is 3.42. The first-order valence-corrected chi connectivity index (χ1v) is 9.27. The van der Waals surface area contributed by atoms with Crippen molar-refractivity contribution in [1.29, 1.82) is 0 Å². The lowest BCUT2D eigenvalue weighted by atomic mass is 10.2. The summed E-state index contributed by atoms with van der Waals surface area (Å²) in [5.74, 6) is 0.752. The number of halogens is 1. The molecule has 2 aromatic carbocycles. The van der Waals surface area contributed by atoms with E-state index in [0.29, 0.717) is 22.4 Å². The number of rotatable bonds is 1. The van der Waals surface area contributed by atoms with Gasteiger partial charge in [-0.25, -0.2) is 14.6 Å². The number of hydrogen-bond acceptors (Lipinski definition) is 4. The van der Waals surface area contributed by atoms with E-state index in [9.17, 15) is 4.79 Å². The maximum atomic E-state index is 13.0. The van der Waals surface area contributed by atoms with Gasteiger partial charge in [-0.2, -0.15) is 5.10 Å². The van der Waals surface area contributed by atoms with E-state index in [1.165, 1.54) is 0 Å². The second kappa shape index (κ2) is 5.72. The molecular formula is C20H14BrN5O. The molecule has 6 nitrogen and oxygen atoms in total. The lowest BCUT2D eigenvalue weighted by Crippen LogP contribution is -2.19. The third-order valence-electron chi connectivity index (χ3n) is 4.68. The van der Waals surface area contributed by atoms with E-state index < -0.39 is 0 Å². The van der Waals surface area contributed by atoms with Crippen molar-refractivity contribution in [2.24, 2.45) is 0 Å². The molecule has 0 aliphatic carbocycles. The molecule has 0 saturated carbocycles. The van der Waals surface area contributed by atoms with Crippen molar-refractivity contribution in [1.82, 2.24) is 24.1 Å². The monoisotopic (exact) mass is 419 g/mol. The summed E-state index contributed by atoms with van der Waals surface area (Å²) >= 11 is 3.45. The van der Waals surface area contributed by atoms with Crippen LogP contribution in [0.5, 0.6) is 0 Å². The molecule has 7 heteroatoms. The molecule has 0 radical (unpaired) electrons. The number of imidazole rings is 1. The summed E-state index contributed by atoms with van der Waals surface area (Å²) in [4.78, 5) is 22.5. The zero-order chi connectivity index (χ0) is 18.7. The van der Waals surface area contributed by atoms with Gasteiger partial charge < -0.3 is 0 Å². The first-order valence-electron chi connectivity index (χ1n) is 8.48. The normalized spacial score (nSPS) is 11.7. The Morgan fingerprint density at radius 3 is 2.44 bits per heavy atom. The van der Waals surface area contributed by atoms with Crippen LogP contribution in [0.2, 0.25) is 0 Å². The first-order chi connectivity index (χ1) is 13.0. The van der Waals surface area contributed by atoms with Gasteiger partial charge in [0.2, 0.25) is 5.43 Å². The van der Waals surface area contributed by atoms with Gasteiger partial charge in [-0.15, -0.1) is 0 Å². The lowest BCUT2D eigenvalue weighted by Gasteiger charge is -2.12. The van der Waals surface area contributed by atoms with E-state index in [1.54, 1.807) is 11.6 Å². The van der Waals surface area contributed by atoms with E-state index >= 15 is 0 Å². The highest BCUT2D eigenvalue weighted by Gasteiger charge is 2.18. The van der Waals surface area contributed by atoms with Crippen LogP contribution >= 0.6 is 15.9 Å². The van der Waals surface area contributed by atoms with Gasteiger partial charge in [0.05, 0.1) is 16.7 Å². The minimum atomic E-state index is -0.147. The van der Waals surface area contributed by atoms with E-state index in [0.717, 1.165) is 27.0 Å². The molecule has 0 bridgehead atoms. The lowest BCUT2D eigenvalue weighted by molar-refractivity contribution is 0.827. The standard InChI is InChI=1S/C20H14BrN5O/c1-11-18(27)17-19-23-15-5-3-4-6-16(15)25(19)12(2)22-20(17)26(24-11)14-9-7-13(21)8-10-14/h3-10H,1-2H3. The Hall–Kier alpha value is -3.06. The topological polar surface area (TPSA) is 65.1 Å². The molecule has 0 spiro atoms. The second-order valence-electron chi connectivity index (χ2n) is 6.42. The summed E-state index contributed by atoms with van der Waals surface area (Å²) < 4.78 is 4.62. The number of nitrogens with zero attached hydrogens (tertiary/aromatic N) is 5. The molecule has 0 atom stereocenters. The zero-order valence-corrected chi connectivity index (χ0v) is 16.2. The molecule has 0 N–H and O–H groups in total. The van der Waals surface area contributed by atoms with Gasteiger partial charge in [-0.05, 0) is 50.2 Å². The van der Waals surface area contributed by atoms with Crippen LogP contribution in [0.3, 0.4) is 0 Å². The minimum Gasteiger partial charge on any atom is -0.287 e. The molecule has 5 rings (SSSR count). The van der Waals surface area contributed by atoms with Crippen LogP contribution in [0.15, 0.2) is 57.8 Å². The number of para-hydroxylation sites is 2. The Bertz CT molecular complexity index is 1420. The number of hydrogen-bond donors (Lipinski definition) is 0. The highest BCUT2D eigenvalue weighted by Crippen LogP contribution is 2.24. The zero-order valence-electron chi connectivity index (χ0n) is 14.6. The van der Waals surface area contributed by atoms with Crippen molar-refractivity contribution < 1.29 is 0 Å². The number of aromatic nitrogens is 5. The number of aryl methyl sites for hydroxylation is 2. The summed E-state index contributed by atoms with van der Waals surface area (Å²) in [6.07, 6.45) is 0. The van der Waals surface area contributed by atoms with Crippen LogP contribution in [0.4, 0.5) is 0 Å². The van der Waals surface area contributed by atoms with Crippen molar-refractivity contribution in [3.05, 3.63) is 74.7 Å². The van der Waals surface area contributed by atoms with Gasteiger partial charge in [-0.3, -0.25) is 9.20 Å². The van der Waals surface area contributed by atoms with Crippen LogP contribution in [-0.2, 0) is 0 Å². The van der Waals surface area contributed by atoms with Gasteiger partial charge in [0.15, 0.2) is 11.3 Å². The Balaban J connectivity index is 2.01. The van der Waals surface area contributed by atoms with Crippen molar-refractivity contribution in [3.63, 3.8) is 0 Å². The summed E-state index contributed by atoms with van der Waals surface area (Å²) in [6.45, 7) is 3.63. The predicted molar refractivity (Wildman–Crippen MR) is 109 cm³/mol. The summed E-state index contributed by atoms with van der Waals surface area (Å²) in [6, 6.07) is 15.6.